The predicted octanol–water partition coefficient (Wildman–Crippen LogP) is 2.69. The van der Waals surface area contributed by atoms with Gasteiger partial charge < -0.3 is 10.6 Å². The molecule has 0 saturated carbocycles. The van der Waals surface area contributed by atoms with Gasteiger partial charge >= 0.3 is 0 Å². The molecule has 2 unspecified atom stereocenters. The summed E-state index contributed by atoms with van der Waals surface area (Å²) in [5.41, 5.74) is 1.13. The first-order valence-corrected chi connectivity index (χ1v) is 9.46. The first kappa shape index (κ1) is 18.2. The molecule has 23 heavy (non-hydrogen) atoms. The van der Waals surface area contributed by atoms with Crippen molar-refractivity contribution in [2.75, 3.05) is 20.1 Å². The van der Waals surface area contributed by atoms with E-state index >= 15 is 0 Å². The maximum Gasteiger partial charge on any atom is 0.191 e. The van der Waals surface area contributed by atoms with E-state index in [9.17, 15) is 0 Å². The molecule has 2 N–H and O–H groups in total. The molecular weight excluding hydrogens is 306 g/mol. The van der Waals surface area contributed by atoms with Crippen LogP contribution in [0.1, 0.15) is 48.7 Å². The Kier molecular flexibility index (Phi) is 6.84. The van der Waals surface area contributed by atoms with Gasteiger partial charge in [0.15, 0.2) is 5.96 Å². The fourth-order valence-electron chi connectivity index (χ4n) is 3.13. The number of nitrogens with zero attached hydrogens (tertiary/aromatic N) is 3. The Labute approximate surface area is 144 Å². The molecule has 130 valence electrons. The van der Waals surface area contributed by atoms with Gasteiger partial charge in [0.1, 0.15) is 5.01 Å². The first-order chi connectivity index (χ1) is 11.0. The lowest BCUT2D eigenvalue weighted by Gasteiger charge is -2.38. The second-order valence-electron chi connectivity index (χ2n) is 6.49. The summed E-state index contributed by atoms with van der Waals surface area (Å²) >= 11 is 1.75. The minimum atomic E-state index is 0.521. The average Bonchev–Trinajstić information content (AvgIpc) is 2.86. The van der Waals surface area contributed by atoms with Gasteiger partial charge in [0.05, 0.1) is 12.2 Å². The highest BCUT2D eigenvalue weighted by Crippen LogP contribution is 2.18. The highest BCUT2D eigenvalue weighted by Gasteiger charge is 2.22. The number of hydrogen-bond donors (Lipinski definition) is 2. The van der Waals surface area contributed by atoms with Crippen LogP contribution in [0.4, 0.5) is 0 Å². The highest BCUT2D eigenvalue weighted by atomic mass is 32.1. The molecule has 6 heteroatoms. The minimum Gasteiger partial charge on any atom is -0.355 e. The summed E-state index contributed by atoms with van der Waals surface area (Å²) in [5, 5.41) is 7.93. The summed E-state index contributed by atoms with van der Waals surface area (Å²) in [6.45, 7) is 11.7. The summed E-state index contributed by atoms with van der Waals surface area (Å²) < 4.78 is 0. The number of aryl methyl sites for hydroxylation is 2. The molecular formula is C17H31N5S. The van der Waals surface area contributed by atoms with Gasteiger partial charge in [-0.3, -0.25) is 9.89 Å². The van der Waals surface area contributed by atoms with E-state index in [0.717, 1.165) is 29.8 Å². The topological polar surface area (TPSA) is 52.6 Å². The number of rotatable bonds is 5. The Morgan fingerprint density at radius 1 is 1.39 bits per heavy atom. The van der Waals surface area contributed by atoms with Crippen molar-refractivity contribution < 1.29 is 0 Å². The van der Waals surface area contributed by atoms with Gasteiger partial charge in [-0.1, -0.05) is 6.42 Å². The maximum atomic E-state index is 4.56. The van der Waals surface area contributed by atoms with Crippen molar-refractivity contribution >= 4 is 17.3 Å². The number of likely N-dealkylation sites (tertiary alicyclic amines) is 1. The summed E-state index contributed by atoms with van der Waals surface area (Å²) in [4.78, 5) is 12.8. The first-order valence-electron chi connectivity index (χ1n) is 8.64. The number of hydrogen-bond acceptors (Lipinski definition) is 4. The van der Waals surface area contributed by atoms with Gasteiger partial charge in [-0.25, -0.2) is 4.98 Å². The standard InChI is InChI=1S/C17H31N5S/c1-12-8-6-7-9-22(12)13(2)10-19-17(18-5)20-11-16-21-14(3)15(4)23-16/h12-13H,6-11H2,1-5H3,(H2,18,19,20). The Morgan fingerprint density at radius 3 is 2.78 bits per heavy atom. The number of piperidine rings is 1. The summed E-state index contributed by atoms with van der Waals surface area (Å²) in [6.07, 6.45) is 4.01. The van der Waals surface area contributed by atoms with Crippen molar-refractivity contribution in [3.63, 3.8) is 0 Å². The zero-order chi connectivity index (χ0) is 16.8. The molecule has 2 atom stereocenters. The van der Waals surface area contributed by atoms with E-state index in [-0.39, 0.29) is 0 Å². The van der Waals surface area contributed by atoms with E-state index in [2.05, 4.69) is 53.2 Å². The Bertz CT molecular complexity index is 506. The molecule has 0 radical (unpaired) electrons. The van der Waals surface area contributed by atoms with Crippen molar-refractivity contribution in [3.05, 3.63) is 15.6 Å². The molecule has 0 bridgehead atoms. The van der Waals surface area contributed by atoms with Crippen LogP contribution in [-0.2, 0) is 6.54 Å². The lowest BCUT2D eigenvalue weighted by Crippen LogP contribution is -2.50. The zero-order valence-electron chi connectivity index (χ0n) is 15.1. The zero-order valence-corrected chi connectivity index (χ0v) is 16.0. The van der Waals surface area contributed by atoms with E-state index in [4.69, 9.17) is 0 Å². The number of aromatic nitrogens is 1. The van der Waals surface area contributed by atoms with Gasteiger partial charge in [-0.15, -0.1) is 11.3 Å². The van der Waals surface area contributed by atoms with Crippen molar-refractivity contribution in [2.24, 2.45) is 4.99 Å². The van der Waals surface area contributed by atoms with E-state index in [1.165, 1.54) is 30.7 Å². The van der Waals surface area contributed by atoms with E-state index < -0.39 is 0 Å². The van der Waals surface area contributed by atoms with E-state index in [1.54, 1.807) is 11.3 Å². The summed E-state index contributed by atoms with van der Waals surface area (Å²) in [6, 6.07) is 1.21. The summed E-state index contributed by atoms with van der Waals surface area (Å²) in [5.74, 6) is 0.854. The van der Waals surface area contributed by atoms with Crippen LogP contribution in [0.2, 0.25) is 0 Å². The monoisotopic (exact) mass is 337 g/mol. The Hall–Kier alpha value is -1.14. The van der Waals surface area contributed by atoms with Gasteiger partial charge in [0.25, 0.3) is 0 Å². The lowest BCUT2D eigenvalue weighted by atomic mass is 10.0. The van der Waals surface area contributed by atoms with Crippen LogP contribution < -0.4 is 10.6 Å². The molecule has 1 aromatic rings. The van der Waals surface area contributed by atoms with Crippen LogP contribution in [0.5, 0.6) is 0 Å². The fraction of sp³-hybridized carbons (Fsp3) is 0.765. The van der Waals surface area contributed by atoms with E-state index in [1.807, 2.05) is 7.05 Å². The third-order valence-electron chi connectivity index (χ3n) is 4.69. The molecule has 0 aromatic carbocycles. The van der Waals surface area contributed by atoms with Gasteiger partial charge in [-0.2, -0.15) is 0 Å². The smallest absolute Gasteiger partial charge is 0.191 e. The molecule has 0 amide bonds. The molecule has 1 saturated heterocycles. The summed E-state index contributed by atoms with van der Waals surface area (Å²) in [7, 11) is 1.82. The van der Waals surface area contributed by atoms with Gasteiger partial charge in [0.2, 0.25) is 0 Å². The van der Waals surface area contributed by atoms with Crippen molar-refractivity contribution in [1.82, 2.24) is 20.5 Å². The number of nitrogens with one attached hydrogen (secondary N) is 2. The molecule has 1 fully saturated rings. The number of aliphatic imine (C=N–C) groups is 1. The van der Waals surface area contributed by atoms with Crippen LogP contribution >= 0.6 is 11.3 Å². The predicted molar refractivity (Wildman–Crippen MR) is 99.3 cm³/mol. The largest absolute Gasteiger partial charge is 0.355 e. The third-order valence-corrected chi connectivity index (χ3v) is 5.76. The second kappa shape index (κ2) is 8.64. The maximum absolute atomic E-state index is 4.56. The van der Waals surface area contributed by atoms with Crippen molar-refractivity contribution in [1.29, 1.82) is 0 Å². The molecule has 1 aromatic heterocycles. The normalized spacial score (nSPS) is 21.3. The number of thiazole rings is 1. The van der Waals surface area contributed by atoms with E-state index in [0.29, 0.717) is 12.1 Å². The fourth-order valence-corrected chi connectivity index (χ4v) is 4.01. The van der Waals surface area contributed by atoms with Crippen LogP contribution in [0.3, 0.4) is 0 Å². The Morgan fingerprint density at radius 2 is 2.17 bits per heavy atom. The van der Waals surface area contributed by atoms with Gasteiger partial charge in [0, 0.05) is 30.6 Å². The van der Waals surface area contributed by atoms with Crippen molar-refractivity contribution in [2.45, 2.75) is 65.6 Å². The van der Waals surface area contributed by atoms with Crippen molar-refractivity contribution in [3.8, 4) is 0 Å². The molecule has 1 aliphatic rings. The molecule has 0 aliphatic carbocycles. The quantitative estimate of drug-likeness (QED) is 0.641. The second-order valence-corrected chi connectivity index (χ2v) is 7.78. The highest BCUT2D eigenvalue weighted by molar-refractivity contribution is 7.11. The molecule has 5 nitrogen and oxygen atoms in total. The molecule has 2 rings (SSSR count). The third kappa shape index (κ3) is 5.18. The molecule has 1 aliphatic heterocycles. The SMILES string of the molecule is CN=C(NCc1nc(C)c(C)s1)NCC(C)N1CCCCC1C. The number of guanidine groups is 1. The van der Waals surface area contributed by atoms with Crippen LogP contribution in [0, 0.1) is 13.8 Å². The van der Waals surface area contributed by atoms with Crippen LogP contribution in [0.15, 0.2) is 4.99 Å². The minimum absolute atomic E-state index is 0.521. The lowest BCUT2D eigenvalue weighted by molar-refractivity contribution is 0.115. The average molecular weight is 338 g/mol. The van der Waals surface area contributed by atoms with Crippen LogP contribution in [0.25, 0.3) is 0 Å². The Balaban J connectivity index is 1.78. The van der Waals surface area contributed by atoms with Gasteiger partial charge in [-0.05, 0) is 47.1 Å². The molecule has 0 spiro atoms. The molecule has 2 heterocycles. The van der Waals surface area contributed by atoms with Crippen LogP contribution in [-0.4, -0.2) is 48.1 Å².